The second kappa shape index (κ2) is 7.65. The molecule has 0 bridgehead atoms. The second-order valence-corrected chi connectivity index (χ2v) is 6.03. The van der Waals surface area contributed by atoms with E-state index in [9.17, 15) is 0 Å². The summed E-state index contributed by atoms with van der Waals surface area (Å²) in [7, 11) is 0. The maximum Gasteiger partial charge on any atom is 0.0369 e. The SMILES string of the molecule is CCCCC(N)CN1CCN(c2cccc(C)c2)CC1. The van der Waals surface area contributed by atoms with Crippen molar-refractivity contribution in [2.75, 3.05) is 37.6 Å². The first-order valence-electron chi connectivity index (χ1n) is 7.98. The normalized spacial score (nSPS) is 18.2. The Kier molecular flexibility index (Phi) is 5.86. The zero-order valence-corrected chi connectivity index (χ0v) is 13.0. The van der Waals surface area contributed by atoms with Crippen LogP contribution in [0, 0.1) is 6.92 Å². The summed E-state index contributed by atoms with van der Waals surface area (Å²) in [4.78, 5) is 5.01. The number of aryl methyl sites for hydroxylation is 1. The molecule has 1 aromatic rings. The average Bonchev–Trinajstić information content (AvgIpc) is 2.46. The Balaban J connectivity index is 1.77. The Labute approximate surface area is 123 Å². The Morgan fingerprint density at radius 3 is 2.60 bits per heavy atom. The Morgan fingerprint density at radius 1 is 1.20 bits per heavy atom. The molecule has 0 aromatic heterocycles. The molecule has 0 amide bonds. The first kappa shape index (κ1) is 15.3. The van der Waals surface area contributed by atoms with Crippen molar-refractivity contribution in [1.82, 2.24) is 4.90 Å². The fourth-order valence-electron chi connectivity index (χ4n) is 2.90. The molecule has 0 aliphatic carbocycles. The summed E-state index contributed by atoms with van der Waals surface area (Å²) in [5, 5.41) is 0. The smallest absolute Gasteiger partial charge is 0.0369 e. The molecule has 0 spiro atoms. The lowest BCUT2D eigenvalue weighted by atomic mass is 10.1. The van der Waals surface area contributed by atoms with Crippen LogP contribution in [-0.2, 0) is 0 Å². The van der Waals surface area contributed by atoms with E-state index in [4.69, 9.17) is 5.73 Å². The average molecular weight is 275 g/mol. The van der Waals surface area contributed by atoms with Crippen molar-refractivity contribution in [2.45, 2.75) is 39.2 Å². The van der Waals surface area contributed by atoms with Crippen molar-refractivity contribution in [2.24, 2.45) is 5.73 Å². The maximum absolute atomic E-state index is 6.20. The summed E-state index contributed by atoms with van der Waals surface area (Å²) < 4.78 is 0. The van der Waals surface area contributed by atoms with Crippen LogP contribution in [0.15, 0.2) is 24.3 Å². The van der Waals surface area contributed by atoms with Gasteiger partial charge in [0.1, 0.15) is 0 Å². The number of unbranched alkanes of at least 4 members (excludes halogenated alkanes) is 1. The van der Waals surface area contributed by atoms with E-state index in [2.05, 4.69) is 47.9 Å². The highest BCUT2D eigenvalue weighted by atomic mass is 15.3. The van der Waals surface area contributed by atoms with E-state index in [-0.39, 0.29) is 0 Å². The van der Waals surface area contributed by atoms with Crippen LogP contribution in [0.25, 0.3) is 0 Å². The summed E-state index contributed by atoms with van der Waals surface area (Å²) in [5.41, 5.74) is 8.90. The molecule has 3 heteroatoms. The molecule has 0 radical (unpaired) electrons. The van der Waals surface area contributed by atoms with Crippen molar-refractivity contribution < 1.29 is 0 Å². The van der Waals surface area contributed by atoms with Crippen LogP contribution in [0.3, 0.4) is 0 Å². The zero-order valence-electron chi connectivity index (χ0n) is 13.0. The Morgan fingerprint density at radius 2 is 1.95 bits per heavy atom. The molecule has 20 heavy (non-hydrogen) atoms. The molecule has 2 N–H and O–H groups in total. The van der Waals surface area contributed by atoms with E-state index < -0.39 is 0 Å². The summed E-state index contributed by atoms with van der Waals surface area (Å²) in [5.74, 6) is 0. The van der Waals surface area contributed by atoms with Crippen LogP contribution >= 0.6 is 0 Å². The maximum atomic E-state index is 6.20. The number of piperazine rings is 1. The highest BCUT2D eigenvalue weighted by molar-refractivity contribution is 5.48. The minimum atomic E-state index is 0.348. The van der Waals surface area contributed by atoms with Crippen molar-refractivity contribution in [1.29, 1.82) is 0 Å². The highest BCUT2D eigenvalue weighted by Crippen LogP contribution is 2.17. The van der Waals surface area contributed by atoms with Gasteiger partial charge in [0.25, 0.3) is 0 Å². The van der Waals surface area contributed by atoms with Crippen LogP contribution in [0.1, 0.15) is 31.7 Å². The Hall–Kier alpha value is -1.06. The molecule has 1 aliphatic heterocycles. The van der Waals surface area contributed by atoms with Gasteiger partial charge < -0.3 is 10.6 Å². The largest absolute Gasteiger partial charge is 0.369 e. The predicted octanol–water partition coefficient (Wildman–Crippen LogP) is 2.63. The fourth-order valence-corrected chi connectivity index (χ4v) is 2.90. The van der Waals surface area contributed by atoms with Gasteiger partial charge in [-0.15, -0.1) is 0 Å². The number of nitrogens with zero attached hydrogens (tertiary/aromatic N) is 2. The molecular weight excluding hydrogens is 246 g/mol. The van der Waals surface area contributed by atoms with E-state index in [1.165, 1.54) is 24.1 Å². The van der Waals surface area contributed by atoms with Crippen LogP contribution < -0.4 is 10.6 Å². The first-order chi connectivity index (χ1) is 9.69. The lowest BCUT2D eigenvalue weighted by Crippen LogP contribution is -2.49. The molecule has 1 aliphatic rings. The third-order valence-corrected chi connectivity index (χ3v) is 4.16. The van der Waals surface area contributed by atoms with E-state index in [0.29, 0.717) is 6.04 Å². The highest BCUT2D eigenvalue weighted by Gasteiger charge is 2.18. The van der Waals surface area contributed by atoms with Gasteiger partial charge in [-0.1, -0.05) is 31.9 Å². The number of rotatable bonds is 6. The number of hydrogen-bond donors (Lipinski definition) is 1. The third-order valence-electron chi connectivity index (χ3n) is 4.16. The summed E-state index contributed by atoms with van der Waals surface area (Å²) in [6, 6.07) is 9.16. The molecule has 1 unspecified atom stereocenters. The standard InChI is InChI=1S/C17H29N3/c1-3-4-7-16(18)14-19-9-11-20(12-10-19)17-8-5-6-15(2)13-17/h5-6,8,13,16H,3-4,7,9-12,14,18H2,1-2H3. The molecule has 2 rings (SSSR count). The van der Waals surface area contributed by atoms with Gasteiger partial charge in [-0.2, -0.15) is 0 Å². The summed E-state index contributed by atoms with van der Waals surface area (Å²) >= 11 is 0. The van der Waals surface area contributed by atoms with Crippen molar-refractivity contribution in [3.05, 3.63) is 29.8 Å². The molecule has 1 heterocycles. The monoisotopic (exact) mass is 275 g/mol. The van der Waals surface area contributed by atoms with Gasteiger partial charge in [-0.05, 0) is 31.0 Å². The fraction of sp³-hybridized carbons (Fsp3) is 0.647. The minimum absolute atomic E-state index is 0.348. The van der Waals surface area contributed by atoms with Gasteiger partial charge in [0.05, 0.1) is 0 Å². The van der Waals surface area contributed by atoms with Gasteiger partial charge in [0, 0.05) is 44.5 Å². The lowest BCUT2D eigenvalue weighted by Gasteiger charge is -2.37. The quantitative estimate of drug-likeness (QED) is 0.866. The number of nitrogens with two attached hydrogens (primary N) is 1. The lowest BCUT2D eigenvalue weighted by molar-refractivity contribution is 0.238. The van der Waals surface area contributed by atoms with Gasteiger partial charge >= 0.3 is 0 Å². The minimum Gasteiger partial charge on any atom is -0.369 e. The van der Waals surface area contributed by atoms with Crippen LogP contribution in [0.2, 0.25) is 0 Å². The first-order valence-corrected chi connectivity index (χ1v) is 7.98. The zero-order chi connectivity index (χ0) is 14.4. The van der Waals surface area contributed by atoms with Gasteiger partial charge in [0.2, 0.25) is 0 Å². The van der Waals surface area contributed by atoms with Crippen LogP contribution in [0.5, 0.6) is 0 Å². The van der Waals surface area contributed by atoms with Crippen LogP contribution in [-0.4, -0.2) is 43.7 Å². The molecule has 3 nitrogen and oxygen atoms in total. The van der Waals surface area contributed by atoms with Crippen molar-refractivity contribution in [3.8, 4) is 0 Å². The van der Waals surface area contributed by atoms with E-state index in [1.54, 1.807) is 0 Å². The predicted molar refractivity (Wildman–Crippen MR) is 87.3 cm³/mol. The number of hydrogen-bond acceptors (Lipinski definition) is 3. The number of benzene rings is 1. The third kappa shape index (κ3) is 4.50. The van der Waals surface area contributed by atoms with Crippen molar-refractivity contribution >= 4 is 5.69 Å². The summed E-state index contributed by atoms with van der Waals surface area (Å²) in [6.45, 7) is 9.94. The van der Waals surface area contributed by atoms with Gasteiger partial charge in [0.15, 0.2) is 0 Å². The van der Waals surface area contributed by atoms with E-state index >= 15 is 0 Å². The Bertz CT molecular complexity index is 397. The molecule has 112 valence electrons. The summed E-state index contributed by atoms with van der Waals surface area (Å²) in [6.07, 6.45) is 3.66. The van der Waals surface area contributed by atoms with E-state index in [0.717, 1.165) is 39.1 Å². The molecule has 1 aromatic carbocycles. The van der Waals surface area contributed by atoms with Gasteiger partial charge in [-0.25, -0.2) is 0 Å². The second-order valence-electron chi connectivity index (χ2n) is 6.03. The topological polar surface area (TPSA) is 32.5 Å². The molecule has 1 saturated heterocycles. The molecule has 0 saturated carbocycles. The molecule has 1 fully saturated rings. The van der Waals surface area contributed by atoms with Crippen molar-refractivity contribution in [3.63, 3.8) is 0 Å². The molecule has 1 atom stereocenters. The van der Waals surface area contributed by atoms with E-state index in [1.807, 2.05) is 0 Å². The van der Waals surface area contributed by atoms with Gasteiger partial charge in [-0.3, -0.25) is 4.90 Å². The number of anilines is 1. The van der Waals surface area contributed by atoms with Crippen LogP contribution in [0.4, 0.5) is 5.69 Å². The molecular formula is C17H29N3.